The molecule has 2 aliphatic heterocycles. The van der Waals surface area contributed by atoms with Crippen LogP contribution in [0.2, 0.25) is 0 Å². The summed E-state index contributed by atoms with van der Waals surface area (Å²) >= 11 is 0. The first kappa shape index (κ1) is 16.2. The lowest BCUT2D eigenvalue weighted by Crippen LogP contribution is -2.36. The van der Waals surface area contributed by atoms with Gasteiger partial charge in [0.05, 0.1) is 12.1 Å². The van der Waals surface area contributed by atoms with Crippen molar-refractivity contribution in [2.75, 3.05) is 18.8 Å². The number of amides is 4. The number of phenols is 1. The molecule has 4 amide bonds. The fraction of sp³-hybridized carbons (Fsp3) is 0.500. The van der Waals surface area contributed by atoms with Gasteiger partial charge in [-0.3, -0.25) is 0 Å². The Morgan fingerprint density at radius 1 is 0.958 bits per heavy atom. The molecule has 2 saturated heterocycles. The van der Waals surface area contributed by atoms with E-state index in [1.807, 2.05) is 0 Å². The van der Waals surface area contributed by atoms with E-state index in [-0.39, 0.29) is 17.8 Å². The molecule has 7 N–H and O–H groups in total. The summed E-state index contributed by atoms with van der Waals surface area (Å²) in [6.07, 6.45) is 3.16. The molecule has 3 rings (SSSR count). The first-order valence-electron chi connectivity index (χ1n) is 8.14. The van der Waals surface area contributed by atoms with Crippen molar-refractivity contribution in [3.63, 3.8) is 0 Å². The van der Waals surface area contributed by atoms with Gasteiger partial charge in [-0.2, -0.15) is 0 Å². The average molecular weight is 333 g/mol. The van der Waals surface area contributed by atoms with E-state index < -0.39 is 12.1 Å². The van der Waals surface area contributed by atoms with Crippen LogP contribution in [0.15, 0.2) is 12.1 Å². The minimum absolute atomic E-state index is 0.0398. The molecule has 0 radical (unpaired) electrons. The number of carbonyl (C=O) groups excluding carboxylic acids is 2. The van der Waals surface area contributed by atoms with Gasteiger partial charge in [-0.05, 0) is 37.3 Å². The Bertz CT molecular complexity index is 625. The van der Waals surface area contributed by atoms with Gasteiger partial charge in [0.1, 0.15) is 5.75 Å². The molecule has 0 aromatic heterocycles. The lowest BCUT2D eigenvalue weighted by atomic mass is 9.95. The smallest absolute Gasteiger partial charge is 0.315 e. The summed E-state index contributed by atoms with van der Waals surface area (Å²) in [5, 5.41) is 10.3. The molecular formula is C16H23N5O3. The molecule has 2 unspecified atom stereocenters. The Hall–Kier alpha value is -2.64. The molecule has 2 atom stereocenters. The number of nitrogen functional groups attached to an aromatic ring is 1. The molecule has 24 heavy (non-hydrogen) atoms. The number of nitrogens with two attached hydrogens (primary N) is 3. The van der Waals surface area contributed by atoms with Gasteiger partial charge in [0, 0.05) is 30.4 Å². The summed E-state index contributed by atoms with van der Waals surface area (Å²) in [6.45, 7) is 1.16. The number of urea groups is 2. The predicted molar refractivity (Wildman–Crippen MR) is 89.0 cm³/mol. The number of anilines is 1. The van der Waals surface area contributed by atoms with E-state index in [1.54, 1.807) is 15.9 Å². The number of rotatable bonds is 2. The van der Waals surface area contributed by atoms with Crippen LogP contribution >= 0.6 is 0 Å². The molecule has 130 valence electrons. The van der Waals surface area contributed by atoms with Crippen LogP contribution in [0.3, 0.4) is 0 Å². The highest BCUT2D eigenvalue weighted by Crippen LogP contribution is 2.42. The number of primary amides is 2. The van der Waals surface area contributed by atoms with Crippen LogP contribution in [-0.4, -0.2) is 40.1 Å². The molecule has 2 fully saturated rings. The lowest BCUT2D eigenvalue weighted by molar-refractivity contribution is 0.201. The maximum absolute atomic E-state index is 11.6. The molecule has 0 spiro atoms. The molecule has 2 aliphatic rings. The zero-order valence-corrected chi connectivity index (χ0v) is 13.4. The average Bonchev–Trinajstić information content (AvgIpc) is 3.16. The van der Waals surface area contributed by atoms with Crippen molar-refractivity contribution in [1.82, 2.24) is 9.80 Å². The highest BCUT2D eigenvalue weighted by Gasteiger charge is 2.34. The number of benzene rings is 1. The van der Waals surface area contributed by atoms with Crippen LogP contribution in [0, 0.1) is 0 Å². The zero-order valence-electron chi connectivity index (χ0n) is 13.4. The van der Waals surface area contributed by atoms with Gasteiger partial charge >= 0.3 is 12.1 Å². The number of carbonyl (C=O) groups is 2. The molecule has 0 bridgehead atoms. The Morgan fingerprint density at radius 3 is 1.96 bits per heavy atom. The van der Waals surface area contributed by atoms with Crippen molar-refractivity contribution < 1.29 is 14.7 Å². The van der Waals surface area contributed by atoms with Gasteiger partial charge in [0.15, 0.2) is 0 Å². The van der Waals surface area contributed by atoms with Crippen LogP contribution in [0.4, 0.5) is 15.3 Å². The second-order valence-corrected chi connectivity index (χ2v) is 6.42. The molecule has 8 nitrogen and oxygen atoms in total. The van der Waals surface area contributed by atoms with Crippen LogP contribution in [0.5, 0.6) is 5.75 Å². The van der Waals surface area contributed by atoms with Gasteiger partial charge in [0.2, 0.25) is 0 Å². The summed E-state index contributed by atoms with van der Waals surface area (Å²) < 4.78 is 0. The standard InChI is InChI=1S/C16H23N5O3/c17-11-8-14(22)10(13-4-2-6-21(13)16(19)24)7-9(11)12-3-1-5-20(12)15(18)23/h7-8,12-13,22H,1-6,17H2,(H2,18,23)(H2,19,24). The largest absolute Gasteiger partial charge is 0.508 e. The third-order valence-corrected chi connectivity index (χ3v) is 5.02. The van der Waals surface area contributed by atoms with E-state index in [0.29, 0.717) is 24.3 Å². The van der Waals surface area contributed by atoms with E-state index >= 15 is 0 Å². The van der Waals surface area contributed by atoms with Crippen LogP contribution in [-0.2, 0) is 0 Å². The molecule has 0 aliphatic carbocycles. The zero-order chi connectivity index (χ0) is 17.4. The van der Waals surface area contributed by atoms with E-state index in [0.717, 1.165) is 31.2 Å². The fourth-order valence-electron chi connectivity index (χ4n) is 3.90. The fourth-order valence-corrected chi connectivity index (χ4v) is 3.90. The summed E-state index contributed by atoms with van der Waals surface area (Å²) in [6, 6.07) is 1.82. The van der Waals surface area contributed by atoms with Gasteiger partial charge < -0.3 is 32.1 Å². The second kappa shape index (κ2) is 6.10. The van der Waals surface area contributed by atoms with Crippen molar-refractivity contribution in [3.8, 4) is 5.75 Å². The number of hydrogen-bond acceptors (Lipinski definition) is 4. The van der Waals surface area contributed by atoms with Crippen LogP contribution in [0.1, 0.15) is 48.9 Å². The lowest BCUT2D eigenvalue weighted by Gasteiger charge is -2.28. The molecule has 1 aromatic rings. The highest BCUT2D eigenvalue weighted by molar-refractivity contribution is 5.74. The Balaban J connectivity index is 2.00. The molecular weight excluding hydrogens is 310 g/mol. The van der Waals surface area contributed by atoms with Gasteiger partial charge in [-0.1, -0.05) is 0 Å². The first-order valence-corrected chi connectivity index (χ1v) is 8.14. The molecule has 8 heteroatoms. The number of aromatic hydroxyl groups is 1. The van der Waals surface area contributed by atoms with E-state index in [2.05, 4.69) is 0 Å². The number of hydrogen-bond donors (Lipinski definition) is 4. The molecule has 0 saturated carbocycles. The summed E-state index contributed by atoms with van der Waals surface area (Å²) in [5.41, 5.74) is 18.8. The minimum Gasteiger partial charge on any atom is -0.508 e. The molecule has 2 heterocycles. The summed E-state index contributed by atoms with van der Waals surface area (Å²) in [5.74, 6) is 0.0398. The van der Waals surface area contributed by atoms with Gasteiger partial charge in [-0.15, -0.1) is 0 Å². The number of phenolic OH excluding ortho intramolecular Hbond substituents is 1. The number of nitrogens with zero attached hydrogens (tertiary/aromatic N) is 2. The van der Waals surface area contributed by atoms with Crippen LogP contribution < -0.4 is 17.2 Å². The first-order chi connectivity index (χ1) is 11.4. The van der Waals surface area contributed by atoms with Crippen molar-refractivity contribution >= 4 is 17.7 Å². The van der Waals surface area contributed by atoms with Crippen molar-refractivity contribution in [1.29, 1.82) is 0 Å². The van der Waals surface area contributed by atoms with E-state index in [9.17, 15) is 14.7 Å². The monoisotopic (exact) mass is 333 g/mol. The van der Waals surface area contributed by atoms with E-state index in [4.69, 9.17) is 17.2 Å². The Morgan fingerprint density at radius 2 is 1.46 bits per heavy atom. The Labute approximate surface area is 140 Å². The summed E-state index contributed by atoms with van der Waals surface area (Å²) in [4.78, 5) is 26.4. The van der Waals surface area contributed by atoms with Crippen molar-refractivity contribution in [3.05, 3.63) is 23.3 Å². The van der Waals surface area contributed by atoms with Gasteiger partial charge in [0.25, 0.3) is 0 Å². The third-order valence-electron chi connectivity index (χ3n) is 5.02. The Kier molecular flexibility index (Phi) is 4.13. The maximum Gasteiger partial charge on any atom is 0.315 e. The minimum atomic E-state index is -0.505. The topological polar surface area (TPSA) is 139 Å². The SMILES string of the molecule is NC(=O)N1CCCC1c1cc(C2CCCN2C(N)=O)c(O)cc1N. The maximum atomic E-state index is 11.6. The quantitative estimate of drug-likeness (QED) is 0.607. The summed E-state index contributed by atoms with van der Waals surface area (Å²) in [7, 11) is 0. The third kappa shape index (κ3) is 2.68. The van der Waals surface area contributed by atoms with E-state index in [1.165, 1.54) is 6.07 Å². The van der Waals surface area contributed by atoms with Crippen molar-refractivity contribution in [2.45, 2.75) is 37.8 Å². The highest BCUT2D eigenvalue weighted by atomic mass is 16.3. The predicted octanol–water partition coefficient (Wildman–Crippen LogP) is 1.41. The van der Waals surface area contributed by atoms with Crippen LogP contribution in [0.25, 0.3) is 0 Å². The number of likely N-dealkylation sites (tertiary alicyclic amines) is 2. The molecule has 1 aromatic carbocycles. The van der Waals surface area contributed by atoms with Gasteiger partial charge in [-0.25, -0.2) is 9.59 Å². The second-order valence-electron chi connectivity index (χ2n) is 6.42. The normalized spacial score (nSPS) is 23.7. The van der Waals surface area contributed by atoms with Crippen molar-refractivity contribution in [2.24, 2.45) is 11.5 Å².